The molecule has 0 radical (unpaired) electrons. The molecule has 0 aromatic carbocycles. The summed E-state index contributed by atoms with van der Waals surface area (Å²) in [6, 6.07) is 0. The molecule has 0 rings (SSSR count). The predicted molar refractivity (Wildman–Crippen MR) is 43.3 cm³/mol. The van der Waals surface area contributed by atoms with Crippen molar-refractivity contribution in [3.63, 3.8) is 0 Å². The first-order valence-electron chi connectivity index (χ1n) is 4.18. The molecule has 0 unspecified atom stereocenters. The number of hydrogen-bond donors (Lipinski definition) is 2. The summed E-state index contributed by atoms with van der Waals surface area (Å²) >= 11 is 0. The first kappa shape index (κ1) is 11.4. The summed E-state index contributed by atoms with van der Waals surface area (Å²) in [7, 11) is 0. The van der Waals surface area contributed by atoms with Gasteiger partial charge in [0.25, 0.3) is 0 Å². The molecule has 2 atom stereocenters. The van der Waals surface area contributed by atoms with E-state index >= 15 is 0 Å². The molecule has 0 heterocycles. The topological polar surface area (TPSA) is 66.8 Å². The maximum Gasteiger partial charge on any atom is 0.337 e. The standard InChI is InChI=1S/C8H16O4/c1-3-5-7(10)12-8(11)6(9)4-2/h6-7,9-10H,3-5H2,1-2H3/t6-,7+/m1/s1. The highest BCUT2D eigenvalue weighted by atomic mass is 16.6. The molecule has 0 aliphatic heterocycles. The fourth-order valence-corrected chi connectivity index (χ4v) is 0.685. The van der Waals surface area contributed by atoms with Gasteiger partial charge >= 0.3 is 5.97 Å². The quantitative estimate of drug-likeness (QED) is 0.470. The average Bonchev–Trinajstić information content (AvgIpc) is 2.03. The minimum Gasteiger partial charge on any atom is -0.434 e. The second-order valence-corrected chi connectivity index (χ2v) is 2.60. The first-order valence-corrected chi connectivity index (χ1v) is 4.18. The first-order chi connectivity index (χ1) is 5.61. The molecule has 0 aromatic heterocycles. The van der Waals surface area contributed by atoms with Crippen molar-refractivity contribution in [3.8, 4) is 0 Å². The van der Waals surface area contributed by atoms with Crippen molar-refractivity contribution in [2.24, 2.45) is 0 Å². The fraction of sp³-hybridized carbons (Fsp3) is 0.875. The van der Waals surface area contributed by atoms with Crippen LogP contribution in [-0.2, 0) is 9.53 Å². The van der Waals surface area contributed by atoms with Crippen LogP contribution < -0.4 is 0 Å². The van der Waals surface area contributed by atoms with Gasteiger partial charge < -0.3 is 14.9 Å². The van der Waals surface area contributed by atoms with Crippen LogP contribution in [0.5, 0.6) is 0 Å². The van der Waals surface area contributed by atoms with E-state index in [-0.39, 0.29) is 0 Å². The molecule has 0 aliphatic rings. The number of hydrogen-bond acceptors (Lipinski definition) is 4. The predicted octanol–water partition coefficient (Wildman–Crippen LogP) is 0.419. The zero-order valence-corrected chi connectivity index (χ0v) is 7.49. The molecule has 72 valence electrons. The van der Waals surface area contributed by atoms with Crippen LogP contribution in [0.2, 0.25) is 0 Å². The molecule has 0 saturated heterocycles. The molecule has 0 aliphatic carbocycles. The maximum absolute atomic E-state index is 10.8. The van der Waals surface area contributed by atoms with Crippen molar-refractivity contribution >= 4 is 5.97 Å². The van der Waals surface area contributed by atoms with Gasteiger partial charge in [0.1, 0.15) is 0 Å². The van der Waals surface area contributed by atoms with Gasteiger partial charge in [0.15, 0.2) is 6.10 Å². The second-order valence-electron chi connectivity index (χ2n) is 2.60. The molecule has 0 aromatic rings. The van der Waals surface area contributed by atoms with Crippen LogP contribution in [-0.4, -0.2) is 28.6 Å². The number of carbonyl (C=O) groups is 1. The Labute approximate surface area is 72.2 Å². The molecule has 0 spiro atoms. The van der Waals surface area contributed by atoms with Crippen molar-refractivity contribution in [2.75, 3.05) is 0 Å². The zero-order chi connectivity index (χ0) is 9.56. The van der Waals surface area contributed by atoms with Crippen LogP contribution in [0.4, 0.5) is 0 Å². The molecular weight excluding hydrogens is 160 g/mol. The van der Waals surface area contributed by atoms with E-state index in [1.54, 1.807) is 6.92 Å². The molecule has 0 bridgehead atoms. The van der Waals surface area contributed by atoms with Crippen LogP contribution in [0.25, 0.3) is 0 Å². The highest BCUT2D eigenvalue weighted by Crippen LogP contribution is 2.01. The molecule has 4 heteroatoms. The number of aliphatic hydroxyl groups excluding tert-OH is 2. The molecule has 2 N–H and O–H groups in total. The number of aliphatic hydroxyl groups is 2. The Bertz CT molecular complexity index is 135. The van der Waals surface area contributed by atoms with Gasteiger partial charge in [-0.25, -0.2) is 4.79 Å². The summed E-state index contributed by atoms with van der Waals surface area (Å²) in [6.07, 6.45) is -0.753. The molecule has 0 saturated carbocycles. The van der Waals surface area contributed by atoms with Crippen LogP contribution in [0.1, 0.15) is 33.1 Å². The monoisotopic (exact) mass is 176 g/mol. The Kier molecular flexibility index (Phi) is 5.66. The third kappa shape index (κ3) is 4.31. The minimum absolute atomic E-state index is 0.303. The lowest BCUT2D eigenvalue weighted by Gasteiger charge is -2.13. The SMILES string of the molecule is CCC[C@@H](O)OC(=O)[C@H](O)CC. The molecule has 0 fully saturated rings. The van der Waals surface area contributed by atoms with E-state index in [0.717, 1.165) is 6.42 Å². The van der Waals surface area contributed by atoms with Crippen LogP contribution in [0, 0.1) is 0 Å². The summed E-state index contributed by atoms with van der Waals surface area (Å²) in [5.41, 5.74) is 0. The van der Waals surface area contributed by atoms with Crippen molar-refractivity contribution in [2.45, 2.75) is 45.5 Å². The lowest BCUT2D eigenvalue weighted by Crippen LogP contribution is -2.27. The van der Waals surface area contributed by atoms with Gasteiger partial charge in [-0.05, 0) is 6.42 Å². The summed E-state index contributed by atoms with van der Waals surface area (Å²) in [5, 5.41) is 18.0. The van der Waals surface area contributed by atoms with Crippen LogP contribution in [0.3, 0.4) is 0 Å². The maximum atomic E-state index is 10.8. The molecule has 0 amide bonds. The third-order valence-corrected chi connectivity index (χ3v) is 1.45. The van der Waals surface area contributed by atoms with Gasteiger partial charge in [-0.15, -0.1) is 0 Å². The minimum atomic E-state index is -1.11. The van der Waals surface area contributed by atoms with E-state index in [0.29, 0.717) is 12.8 Å². The van der Waals surface area contributed by atoms with Crippen LogP contribution >= 0.6 is 0 Å². The highest BCUT2D eigenvalue weighted by molar-refractivity contribution is 5.74. The van der Waals surface area contributed by atoms with Gasteiger partial charge in [-0.1, -0.05) is 20.3 Å². The Hall–Kier alpha value is -0.610. The van der Waals surface area contributed by atoms with Crippen molar-refractivity contribution in [3.05, 3.63) is 0 Å². The van der Waals surface area contributed by atoms with Gasteiger partial charge in [0, 0.05) is 6.42 Å². The van der Waals surface area contributed by atoms with E-state index in [9.17, 15) is 4.79 Å². The van der Waals surface area contributed by atoms with Crippen LogP contribution in [0.15, 0.2) is 0 Å². The zero-order valence-electron chi connectivity index (χ0n) is 7.49. The van der Waals surface area contributed by atoms with E-state index < -0.39 is 18.4 Å². The summed E-state index contributed by atoms with van der Waals surface area (Å²) in [5.74, 6) is -0.751. The van der Waals surface area contributed by atoms with E-state index in [1.165, 1.54) is 0 Å². The number of ether oxygens (including phenoxy) is 1. The summed E-state index contributed by atoms with van der Waals surface area (Å²) in [6.45, 7) is 3.53. The summed E-state index contributed by atoms with van der Waals surface area (Å²) in [4.78, 5) is 10.8. The Morgan fingerprint density at radius 1 is 1.42 bits per heavy atom. The smallest absolute Gasteiger partial charge is 0.337 e. The molecular formula is C8H16O4. The summed E-state index contributed by atoms with van der Waals surface area (Å²) < 4.78 is 4.51. The average molecular weight is 176 g/mol. The number of rotatable bonds is 5. The fourth-order valence-electron chi connectivity index (χ4n) is 0.685. The van der Waals surface area contributed by atoms with E-state index in [1.807, 2.05) is 6.92 Å². The van der Waals surface area contributed by atoms with E-state index in [4.69, 9.17) is 10.2 Å². The van der Waals surface area contributed by atoms with Gasteiger partial charge in [-0.2, -0.15) is 0 Å². The largest absolute Gasteiger partial charge is 0.434 e. The second kappa shape index (κ2) is 5.97. The number of carbonyl (C=O) groups excluding carboxylic acids is 1. The van der Waals surface area contributed by atoms with Gasteiger partial charge in [0.05, 0.1) is 0 Å². The van der Waals surface area contributed by atoms with Gasteiger partial charge in [-0.3, -0.25) is 0 Å². The van der Waals surface area contributed by atoms with Gasteiger partial charge in [0.2, 0.25) is 6.29 Å². The lowest BCUT2D eigenvalue weighted by molar-refractivity contribution is -0.178. The van der Waals surface area contributed by atoms with Crippen molar-refractivity contribution < 1.29 is 19.7 Å². The Balaban J connectivity index is 3.67. The Morgan fingerprint density at radius 2 is 2.00 bits per heavy atom. The molecule has 4 nitrogen and oxygen atoms in total. The molecule has 12 heavy (non-hydrogen) atoms. The normalized spacial score (nSPS) is 15.3. The number of esters is 1. The van der Waals surface area contributed by atoms with E-state index in [2.05, 4.69) is 4.74 Å². The Morgan fingerprint density at radius 3 is 2.42 bits per heavy atom. The lowest BCUT2D eigenvalue weighted by atomic mass is 10.3. The highest BCUT2D eigenvalue weighted by Gasteiger charge is 2.17. The van der Waals surface area contributed by atoms with Crippen molar-refractivity contribution in [1.82, 2.24) is 0 Å². The third-order valence-electron chi connectivity index (χ3n) is 1.45. The van der Waals surface area contributed by atoms with Crippen molar-refractivity contribution in [1.29, 1.82) is 0 Å².